The molecule has 4 aromatic rings. The van der Waals surface area contributed by atoms with Crippen LogP contribution in [0.1, 0.15) is 35.7 Å². The fourth-order valence-electron chi connectivity index (χ4n) is 6.72. The van der Waals surface area contributed by atoms with Gasteiger partial charge in [0.25, 0.3) is 0 Å². The van der Waals surface area contributed by atoms with Gasteiger partial charge in [-0.15, -0.1) is 0 Å². The van der Waals surface area contributed by atoms with Gasteiger partial charge in [0.15, 0.2) is 0 Å². The van der Waals surface area contributed by atoms with E-state index in [1.165, 1.54) is 0 Å². The quantitative estimate of drug-likeness (QED) is 0.224. The highest BCUT2D eigenvalue weighted by molar-refractivity contribution is 6.31. The van der Waals surface area contributed by atoms with Gasteiger partial charge in [0.05, 0.1) is 13.2 Å². The van der Waals surface area contributed by atoms with E-state index in [0.29, 0.717) is 61.3 Å². The smallest absolute Gasteiger partial charge is 0.416 e. The number of amides is 2. The molecule has 0 bridgehead atoms. The lowest BCUT2D eigenvalue weighted by Gasteiger charge is -2.35. The summed E-state index contributed by atoms with van der Waals surface area (Å²) in [5.74, 6) is 1.16. The van der Waals surface area contributed by atoms with Crippen LogP contribution in [0.15, 0.2) is 66.7 Å². The van der Waals surface area contributed by atoms with Gasteiger partial charge in [-0.2, -0.15) is 0 Å². The summed E-state index contributed by atoms with van der Waals surface area (Å²) in [7, 11) is 0. The highest BCUT2D eigenvalue weighted by Gasteiger charge is 2.36. The third kappa shape index (κ3) is 7.37. The molecule has 252 valence electrons. The highest BCUT2D eigenvalue weighted by atomic mass is 35.5. The molecule has 2 saturated heterocycles. The molecule has 3 aromatic carbocycles. The number of nitrogens with zero attached hydrogens (tertiary/aromatic N) is 3. The molecule has 48 heavy (non-hydrogen) atoms. The number of aromatic amines is 1. The second-order valence-electron chi connectivity index (χ2n) is 12.3. The maximum atomic E-state index is 13.6. The fourth-order valence-corrected chi connectivity index (χ4v) is 7.02. The van der Waals surface area contributed by atoms with Crippen molar-refractivity contribution in [3.63, 3.8) is 0 Å². The van der Waals surface area contributed by atoms with E-state index in [2.05, 4.69) is 9.88 Å². The molecule has 3 aliphatic rings. The summed E-state index contributed by atoms with van der Waals surface area (Å²) in [4.78, 5) is 35.5. The molecule has 4 heterocycles. The molecule has 7 rings (SSSR count). The van der Waals surface area contributed by atoms with Gasteiger partial charge in [-0.05, 0) is 72.1 Å². The number of carbonyl (C=O) groups excluding carboxylic acids is 2. The summed E-state index contributed by atoms with van der Waals surface area (Å²) in [5.41, 5.74) is 3.96. The zero-order valence-electron chi connectivity index (χ0n) is 26.5. The molecule has 0 spiro atoms. The van der Waals surface area contributed by atoms with E-state index in [1.54, 1.807) is 34.1 Å². The van der Waals surface area contributed by atoms with Crippen molar-refractivity contribution in [1.82, 2.24) is 19.7 Å². The Balaban J connectivity index is 1.01. The number of hydrogen-bond acceptors (Lipinski definition) is 7. The van der Waals surface area contributed by atoms with E-state index < -0.39 is 12.1 Å². The first-order valence-electron chi connectivity index (χ1n) is 16.4. The molecule has 12 heteroatoms. The molecular weight excluding hydrogens is 655 g/mol. The van der Waals surface area contributed by atoms with Crippen molar-refractivity contribution in [3.05, 3.63) is 93.6 Å². The van der Waals surface area contributed by atoms with Crippen molar-refractivity contribution in [3.8, 4) is 11.5 Å². The topological polar surface area (TPSA) is 96.6 Å². The first-order valence-corrected chi connectivity index (χ1v) is 17.2. The Labute approximate surface area is 289 Å². The van der Waals surface area contributed by atoms with E-state index in [-0.39, 0.29) is 12.2 Å². The minimum Gasteiger partial charge on any atom is -0.490 e. The summed E-state index contributed by atoms with van der Waals surface area (Å²) in [6.45, 7) is 5.93. The minimum atomic E-state index is -0.448. The number of carbonyl (C=O) groups is 2. The van der Waals surface area contributed by atoms with Gasteiger partial charge in [-0.25, -0.2) is 9.59 Å². The molecule has 1 N–H and O–H groups in total. The number of morpholine rings is 1. The van der Waals surface area contributed by atoms with Crippen LogP contribution >= 0.6 is 23.2 Å². The van der Waals surface area contributed by atoms with E-state index in [4.69, 9.17) is 42.1 Å². The Kier molecular flexibility index (Phi) is 9.95. The fraction of sp³-hybridized carbons (Fsp3) is 0.389. The van der Waals surface area contributed by atoms with Gasteiger partial charge in [-0.3, -0.25) is 9.80 Å². The van der Waals surface area contributed by atoms with Crippen molar-refractivity contribution in [2.24, 2.45) is 0 Å². The molecule has 1 aromatic heterocycles. The van der Waals surface area contributed by atoms with Gasteiger partial charge in [-0.1, -0.05) is 35.3 Å². The lowest BCUT2D eigenvalue weighted by Crippen LogP contribution is -2.43. The summed E-state index contributed by atoms with van der Waals surface area (Å²) >= 11 is 12.4. The minimum absolute atomic E-state index is 0.0150. The molecule has 0 saturated carbocycles. The lowest BCUT2D eigenvalue weighted by molar-refractivity contribution is 0.0220. The monoisotopic (exact) mass is 692 g/mol. The van der Waals surface area contributed by atoms with Crippen LogP contribution in [0, 0.1) is 0 Å². The normalized spacial score (nSPS) is 18.8. The first kappa shape index (κ1) is 32.6. The van der Waals surface area contributed by atoms with Crippen LogP contribution < -0.4 is 9.47 Å². The molecule has 2 fully saturated rings. The van der Waals surface area contributed by atoms with Crippen LogP contribution in [0.5, 0.6) is 11.5 Å². The largest absolute Gasteiger partial charge is 0.490 e. The third-order valence-corrected chi connectivity index (χ3v) is 9.76. The van der Waals surface area contributed by atoms with E-state index in [1.807, 2.05) is 42.5 Å². The Hall–Kier alpha value is -3.96. The number of rotatable bonds is 7. The predicted octanol–water partition coefficient (Wildman–Crippen LogP) is 6.93. The number of likely N-dealkylation sites (tertiary alicyclic amines) is 1. The second-order valence-corrected chi connectivity index (χ2v) is 13.2. The summed E-state index contributed by atoms with van der Waals surface area (Å²) in [6.07, 6.45) is 1.36. The maximum Gasteiger partial charge on any atom is 0.416 e. The van der Waals surface area contributed by atoms with Gasteiger partial charge < -0.3 is 28.8 Å². The van der Waals surface area contributed by atoms with Crippen molar-refractivity contribution in [1.29, 1.82) is 0 Å². The molecular formula is C36H38Cl2N4O6. The number of piperidine rings is 1. The summed E-state index contributed by atoms with van der Waals surface area (Å²) in [5, 5.41) is 2.29. The number of ether oxygens (including phenoxy) is 4. The predicted molar refractivity (Wildman–Crippen MR) is 183 cm³/mol. The molecule has 0 radical (unpaired) electrons. The van der Waals surface area contributed by atoms with Crippen LogP contribution in [0.2, 0.25) is 10.0 Å². The van der Waals surface area contributed by atoms with Gasteiger partial charge in [0.2, 0.25) is 0 Å². The van der Waals surface area contributed by atoms with Crippen molar-refractivity contribution in [2.75, 3.05) is 59.1 Å². The van der Waals surface area contributed by atoms with Crippen LogP contribution in [0.4, 0.5) is 9.59 Å². The highest BCUT2D eigenvalue weighted by Crippen LogP contribution is 2.40. The number of hydrogen-bond donors (Lipinski definition) is 1. The molecule has 10 nitrogen and oxygen atoms in total. The van der Waals surface area contributed by atoms with Gasteiger partial charge in [0, 0.05) is 78.8 Å². The molecule has 1 unspecified atom stereocenters. The van der Waals surface area contributed by atoms with E-state index >= 15 is 0 Å². The molecule has 0 aliphatic carbocycles. The van der Waals surface area contributed by atoms with E-state index in [0.717, 1.165) is 66.3 Å². The summed E-state index contributed by atoms with van der Waals surface area (Å²) < 4.78 is 23.0. The number of nitrogens with one attached hydrogen (secondary N) is 1. The zero-order chi connectivity index (χ0) is 33.0. The maximum absolute atomic E-state index is 13.6. The lowest BCUT2D eigenvalue weighted by atomic mass is 9.92. The van der Waals surface area contributed by atoms with Crippen LogP contribution in [0.3, 0.4) is 0 Å². The Morgan fingerprint density at radius 1 is 0.833 bits per heavy atom. The Morgan fingerprint density at radius 2 is 1.54 bits per heavy atom. The van der Waals surface area contributed by atoms with Gasteiger partial charge >= 0.3 is 12.2 Å². The average molecular weight is 694 g/mol. The number of aromatic nitrogens is 1. The number of H-pyrrole nitrogens is 1. The Bertz CT molecular complexity index is 1730. The van der Waals surface area contributed by atoms with Crippen molar-refractivity contribution >= 4 is 46.3 Å². The SMILES string of the molecule is O=C(OCCN1CCOCC1)N1CCC(Oc2ccc(C3c4[nH]c5ccc(Cl)cc5c4CCN3C(=O)Oc3ccc(Cl)cc3)cc2)CC1. The van der Waals surface area contributed by atoms with Crippen LogP contribution in [-0.2, 0) is 15.9 Å². The van der Waals surface area contributed by atoms with E-state index in [9.17, 15) is 9.59 Å². The van der Waals surface area contributed by atoms with Crippen molar-refractivity contribution < 1.29 is 28.5 Å². The molecule has 2 amide bonds. The standard InChI is InChI=1S/C36H38Cl2N4O6/c37-25-3-8-28(9-4-25)48-36(44)42-16-13-30-31-23-26(38)5-10-32(31)39-33(30)34(42)24-1-6-27(7-2-24)47-29-11-14-41(15-12-29)35(43)46-22-19-40-17-20-45-21-18-40/h1-10,23,29,34,39H,11-22H2. The number of halogens is 2. The third-order valence-electron chi connectivity index (χ3n) is 9.28. The molecule has 3 aliphatic heterocycles. The van der Waals surface area contributed by atoms with Crippen molar-refractivity contribution in [2.45, 2.75) is 31.4 Å². The first-order chi connectivity index (χ1) is 23.4. The Morgan fingerprint density at radius 3 is 2.29 bits per heavy atom. The number of benzene rings is 3. The van der Waals surface area contributed by atoms with Gasteiger partial charge in [0.1, 0.15) is 30.3 Å². The number of fused-ring (bicyclic) bond motifs is 3. The van der Waals surface area contributed by atoms with Crippen LogP contribution in [-0.4, -0.2) is 97.1 Å². The molecule has 1 atom stereocenters. The summed E-state index contributed by atoms with van der Waals surface area (Å²) in [6, 6.07) is 20.0. The average Bonchev–Trinajstić information content (AvgIpc) is 3.48. The van der Waals surface area contributed by atoms with Crippen LogP contribution in [0.25, 0.3) is 10.9 Å². The second kappa shape index (κ2) is 14.7. The zero-order valence-corrected chi connectivity index (χ0v) is 28.0.